The summed E-state index contributed by atoms with van der Waals surface area (Å²) in [6.45, 7) is 8.12. The zero-order chi connectivity index (χ0) is 11.7. The number of halogens is 1. The highest BCUT2D eigenvalue weighted by Gasteiger charge is 2.25. The summed E-state index contributed by atoms with van der Waals surface area (Å²) in [5, 5.41) is 0.580. The van der Waals surface area contributed by atoms with Gasteiger partial charge >= 0.3 is 0 Å². The first-order chi connectivity index (χ1) is 7.61. The fourth-order valence-corrected chi connectivity index (χ4v) is 2.07. The zero-order valence-electron chi connectivity index (χ0n) is 10.1. The van der Waals surface area contributed by atoms with Crippen LogP contribution in [0.5, 0.6) is 0 Å². The quantitative estimate of drug-likeness (QED) is 0.757. The smallest absolute Gasteiger partial charge is 0.137 e. The molecule has 1 aromatic rings. The molecule has 88 valence electrons. The third-order valence-electron chi connectivity index (χ3n) is 3.03. The lowest BCUT2D eigenvalue weighted by atomic mass is 10.3. The molecule has 0 saturated heterocycles. The van der Waals surface area contributed by atoms with Crippen molar-refractivity contribution < 1.29 is 0 Å². The number of aromatic nitrogens is 2. The van der Waals surface area contributed by atoms with Crippen LogP contribution in [0.1, 0.15) is 31.2 Å². The lowest BCUT2D eigenvalue weighted by Gasteiger charge is -2.24. The Morgan fingerprint density at radius 3 is 2.56 bits per heavy atom. The third-order valence-corrected chi connectivity index (χ3v) is 3.40. The largest absolute Gasteiger partial charge is 0.356 e. The molecule has 1 aliphatic carbocycles. The monoisotopic (exact) mass is 239 g/mol. The van der Waals surface area contributed by atoms with E-state index in [1.807, 2.05) is 13.8 Å². The van der Waals surface area contributed by atoms with Gasteiger partial charge in [-0.1, -0.05) is 11.6 Å². The van der Waals surface area contributed by atoms with Gasteiger partial charge in [-0.2, -0.15) is 0 Å². The Bertz CT molecular complexity index is 388. The van der Waals surface area contributed by atoms with Crippen molar-refractivity contribution in [2.45, 2.75) is 33.6 Å². The highest BCUT2D eigenvalue weighted by Crippen LogP contribution is 2.32. The minimum Gasteiger partial charge on any atom is -0.356 e. The van der Waals surface area contributed by atoms with E-state index in [-0.39, 0.29) is 0 Å². The normalized spacial score (nSPS) is 15.2. The van der Waals surface area contributed by atoms with E-state index in [1.54, 1.807) is 0 Å². The van der Waals surface area contributed by atoms with Crippen molar-refractivity contribution in [1.82, 2.24) is 9.97 Å². The van der Waals surface area contributed by atoms with E-state index in [0.29, 0.717) is 5.15 Å². The van der Waals surface area contributed by atoms with Gasteiger partial charge in [-0.3, -0.25) is 0 Å². The molecule has 0 aromatic carbocycles. The van der Waals surface area contributed by atoms with Crippen LogP contribution in [-0.4, -0.2) is 23.1 Å². The minimum atomic E-state index is 0.580. The molecule has 16 heavy (non-hydrogen) atoms. The fourth-order valence-electron chi connectivity index (χ4n) is 1.87. The number of rotatable bonds is 4. The van der Waals surface area contributed by atoms with Crippen LogP contribution in [0, 0.1) is 19.8 Å². The molecule has 0 radical (unpaired) electrons. The number of anilines is 1. The van der Waals surface area contributed by atoms with Gasteiger partial charge in [0, 0.05) is 18.7 Å². The summed E-state index contributed by atoms with van der Waals surface area (Å²) in [4.78, 5) is 11.0. The molecule has 0 amide bonds. The average Bonchev–Trinajstić information content (AvgIpc) is 3.04. The predicted octanol–water partition coefficient (Wildman–Crippen LogP) is 2.98. The van der Waals surface area contributed by atoms with Crippen LogP contribution >= 0.6 is 11.6 Å². The van der Waals surface area contributed by atoms with Crippen molar-refractivity contribution in [2.24, 2.45) is 5.92 Å². The topological polar surface area (TPSA) is 29.0 Å². The van der Waals surface area contributed by atoms with Gasteiger partial charge in [0.05, 0.1) is 0 Å². The molecule has 1 aliphatic rings. The predicted molar refractivity (Wildman–Crippen MR) is 67.1 cm³/mol. The average molecular weight is 240 g/mol. The molecule has 1 saturated carbocycles. The van der Waals surface area contributed by atoms with Crippen LogP contribution in [0.3, 0.4) is 0 Å². The Morgan fingerprint density at radius 2 is 2.00 bits per heavy atom. The lowest BCUT2D eigenvalue weighted by Crippen LogP contribution is -2.27. The van der Waals surface area contributed by atoms with Crippen LogP contribution in [-0.2, 0) is 0 Å². The standard InChI is InChI=1S/C12H18ClN3/c1-4-16(7-10-5-6-10)12-8(2)11(13)14-9(3)15-12/h10H,4-7H2,1-3H3. The van der Waals surface area contributed by atoms with Crippen molar-refractivity contribution >= 4 is 17.4 Å². The second-order valence-electron chi connectivity index (χ2n) is 4.49. The molecule has 2 rings (SSSR count). The van der Waals surface area contributed by atoms with Gasteiger partial charge in [0.1, 0.15) is 16.8 Å². The van der Waals surface area contributed by atoms with Crippen molar-refractivity contribution in [1.29, 1.82) is 0 Å². The SMILES string of the molecule is CCN(CC1CC1)c1nc(C)nc(Cl)c1C. The Labute approximate surface area is 102 Å². The summed E-state index contributed by atoms with van der Waals surface area (Å²) in [6, 6.07) is 0. The minimum absolute atomic E-state index is 0.580. The summed E-state index contributed by atoms with van der Waals surface area (Å²) in [5.74, 6) is 2.61. The van der Waals surface area contributed by atoms with E-state index < -0.39 is 0 Å². The molecular formula is C12H18ClN3. The van der Waals surface area contributed by atoms with Gasteiger partial charge in [-0.05, 0) is 39.5 Å². The summed E-state index contributed by atoms with van der Waals surface area (Å²) < 4.78 is 0. The Balaban J connectivity index is 2.28. The van der Waals surface area contributed by atoms with E-state index >= 15 is 0 Å². The molecule has 0 unspecified atom stereocenters. The van der Waals surface area contributed by atoms with Crippen LogP contribution < -0.4 is 4.90 Å². The summed E-state index contributed by atoms with van der Waals surface area (Å²) in [7, 11) is 0. The van der Waals surface area contributed by atoms with Gasteiger partial charge in [-0.25, -0.2) is 9.97 Å². The highest BCUT2D eigenvalue weighted by atomic mass is 35.5. The fraction of sp³-hybridized carbons (Fsp3) is 0.667. The first kappa shape index (κ1) is 11.6. The van der Waals surface area contributed by atoms with Gasteiger partial charge in [0.25, 0.3) is 0 Å². The third kappa shape index (κ3) is 2.46. The molecule has 3 nitrogen and oxygen atoms in total. The van der Waals surface area contributed by atoms with Crippen molar-refractivity contribution in [2.75, 3.05) is 18.0 Å². The van der Waals surface area contributed by atoms with E-state index in [4.69, 9.17) is 11.6 Å². The van der Waals surface area contributed by atoms with Crippen LogP contribution in [0.15, 0.2) is 0 Å². The summed E-state index contributed by atoms with van der Waals surface area (Å²) in [5.41, 5.74) is 0.995. The molecule has 1 fully saturated rings. The Morgan fingerprint density at radius 1 is 1.31 bits per heavy atom. The maximum absolute atomic E-state index is 6.09. The van der Waals surface area contributed by atoms with Crippen molar-refractivity contribution in [3.05, 3.63) is 16.5 Å². The Kier molecular flexibility index (Phi) is 3.33. The van der Waals surface area contributed by atoms with Gasteiger partial charge < -0.3 is 4.90 Å². The van der Waals surface area contributed by atoms with Gasteiger partial charge in [-0.15, -0.1) is 0 Å². The van der Waals surface area contributed by atoms with Gasteiger partial charge in [0.2, 0.25) is 0 Å². The molecule has 0 bridgehead atoms. The highest BCUT2D eigenvalue weighted by molar-refractivity contribution is 6.30. The molecular weight excluding hydrogens is 222 g/mol. The maximum Gasteiger partial charge on any atom is 0.137 e. The number of hydrogen-bond acceptors (Lipinski definition) is 3. The van der Waals surface area contributed by atoms with Crippen LogP contribution in [0.2, 0.25) is 5.15 Å². The molecule has 0 spiro atoms. The number of aryl methyl sites for hydroxylation is 1. The number of nitrogens with zero attached hydrogens (tertiary/aromatic N) is 3. The number of hydrogen-bond donors (Lipinski definition) is 0. The molecule has 1 aromatic heterocycles. The zero-order valence-corrected chi connectivity index (χ0v) is 10.9. The molecule has 4 heteroatoms. The second kappa shape index (κ2) is 4.58. The van der Waals surface area contributed by atoms with Crippen LogP contribution in [0.4, 0.5) is 5.82 Å². The first-order valence-electron chi connectivity index (χ1n) is 5.87. The molecule has 1 heterocycles. The van der Waals surface area contributed by atoms with Crippen LogP contribution in [0.25, 0.3) is 0 Å². The maximum atomic E-state index is 6.09. The van der Waals surface area contributed by atoms with Crippen molar-refractivity contribution in [3.63, 3.8) is 0 Å². The molecule has 0 aliphatic heterocycles. The first-order valence-corrected chi connectivity index (χ1v) is 6.25. The lowest BCUT2D eigenvalue weighted by molar-refractivity contribution is 0.725. The second-order valence-corrected chi connectivity index (χ2v) is 4.85. The molecule has 0 atom stereocenters. The Hall–Kier alpha value is -0.830. The van der Waals surface area contributed by atoms with E-state index in [0.717, 1.165) is 36.2 Å². The summed E-state index contributed by atoms with van der Waals surface area (Å²) >= 11 is 6.09. The van der Waals surface area contributed by atoms with E-state index in [2.05, 4.69) is 21.8 Å². The van der Waals surface area contributed by atoms with Crippen molar-refractivity contribution in [3.8, 4) is 0 Å². The van der Waals surface area contributed by atoms with E-state index in [1.165, 1.54) is 12.8 Å². The van der Waals surface area contributed by atoms with Gasteiger partial charge in [0.15, 0.2) is 0 Å². The van der Waals surface area contributed by atoms with E-state index in [9.17, 15) is 0 Å². The molecule has 0 N–H and O–H groups in total. The summed E-state index contributed by atoms with van der Waals surface area (Å²) in [6.07, 6.45) is 2.71.